The Bertz CT molecular complexity index is 1160. The summed E-state index contributed by atoms with van der Waals surface area (Å²) in [7, 11) is 1.54. The van der Waals surface area contributed by atoms with E-state index >= 15 is 0 Å². The van der Waals surface area contributed by atoms with E-state index in [1.165, 1.54) is 18.1 Å². The largest absolute Gasteiger partial charge is 0.496 e. The molecule has 0 spiro atoms. The minimum absolute atomic E-state index is 0.00128. The number of methoxy groups -OCH3 is 1. The highest BCUT2D eigenvalue weighted by Crippen LogP contribution is 2.30. The van der Waals surface area contributed by atoms with Gasteiger partial charge >= 0.3 is 5.69 Å². The molecule has 2 aliphatic heterocycles. The number of hydrogen-bond acceptors (Lipinski definition) is 7. The second-order valence-corrected chi connectivity index (χ2v) is 8.51. The molecular formula is C24H25N3O6S. The van der Waals surface area contributed by atoms with Crippen LogP contribution in [0.25, 0.3) is 6.08 Å². The molecule has 4 rings (SSSR count). The maximum Gasteiger partial charge on any atom is 0.311 e. The Hall–Kier alpha value is -3.50. The fraction of sp³-hybridized carbons (Fsp3) is 0.333. The predicted octanol–water partition coefficient (Wildman–Crippen LogP) is 3.73. The van der Waals surface area contributed by atoms with Crippen molar-refractivity contribution in [2.24, 2.45) is 0 Å². The monoisotopic (exact) mass is 483 g/mol. The lowest BCUT2D eigenvalue weighted by molar-refractivity contribution is -0.386. The van der Waals surface area contributed by atoms with Crippen LogP contribution in [0.3, 0.4) is 0 Å². The molecule has 2 aromatic rings. The molecule has 1 amide bonds. The fourth-order valence-corrected chi connectivity index (χ4v) is 4.21. The van der Waals surface area contributed by atoms with Crippen LogP contribution in [-0.4, -0.2) is 47.2 Å². The van der Waals surface area contributed by atoms with Crippen LogP contribution >= 0.6 is 12.2 Å². The van der Waals surface area contributed by atoms with Gasteiger partial charge < -0.3 is 19.5 Å². The van der Waals surface area contributed by atoms with Crippen LogP contribution in [0.4, 0.5) is 5.69 Å². The summed E-state index contributed by atoms with van der Waals surface area (Å²) in [6, 6.07) is 10.2. The van der Waals surface area contributed by atoms with Gasteiger partial charge in [-0.15, -0.1) is 0 Å². The third-order valence-electron chi connectivity index (χ3n) is 5.68. The first kappa shape index (κ1) is 23.7. The Balaban J connectivity index is 1.52. The number of aryl methyl sites for hydroxylation is 1. The third-order valence-corrected chi connectivity index (χ3v) is 6.00. The van der Waals surface area contributed by atoms with Gasteiger partial charge in [0.25, 0.3) is 5.91 Å². The number of rotatable bonds is 8. The molecule has 34 heavy (non-hydrogen) atoms. The van der Waals surface area contributed by atoms with Crippen LogP contribution in [0, 0.1) is 17.0 Å². The van der Waals surface area contributed by atoms with E-state index in [1.54, 1.807) is 31.2 Å². The van der Waals surface area contributed by atoms with E-state index in [4.69, 9.17) is 26.4 Å². The summed E-state index contributed by atoms with van der Waals surface area (Å²) in [6.07, 6.45) is 3.60. The smallest absolute Gasteiger partial charge is 0.311 e. The van der Waals surface area contributed by atoms with Gasteiger partial charge in [-0.05, 0) is 67.4 Å². The van der Waals surface area contributed by atoms with E-state index in [0.717, 1.165) is 24.0 Å². The summed E-state index contributed by atoms with van der Waals surface area (Å²) in [5.41, 5.74) is 2.45. The predicted molar refractivity (Wildman–Crippen MR) is 130 cm³/mol. The Morgan fingerprint density at radius 2 is 2.09 bits per heavy atom. The maximum absolute atomic E-state index is 12.9. The summed E-state index contributed by atoms with van der Waals surface area (Å²) in [5, 5.41) is 14.7. The highest BCUT2D eigenvalue weighted by atomic mass is 32.1. The molecule has 2 heterocycles. The van der Waals surface area contributed by atoms with Crippen molar-refractivity contribution in [1.29, 1.82) is 0 Å². The normalized spacial score (nSPS) is 18.9. The molecular weight excluding hydrogens is 458 g/mol. The first-order valence-electron chi connectivity index (χ1n) is 10.9. The summed E-state index contributed by atoms with van der Waals surface area (Å²) < 4.78 is 16.8. The zero-order valence-electron chi connectivity index (χ0n) is 18.9. The molecule has 1 atom stereocenters. The van der Waals surface area contributed by atoms with Crippen LogP contribution in [0.1, 0.15) is 29.5 Å². The topological polar surface area (TPSA) is 103 Å². The highest BCUT2D eigenvalue weighted by Gasteiger charge is 2.33. The van der Waals surface area contributed by atoms with Gasteiger partial charge in [0.2, 0.25) is 0 Å². The van der Waals surface area contributed by atoms with E-state index in [9.17, 15) is 14.9 Å². The average Bonchev–Trinajstić information content (AvgIpc) is 3.42. The molecule has 2 aromatic carbocycles. The van der Waals surface area contributed by atoms with E-state index in [1.807, 2.05) is 12.1 Å². The van der Waals surface area contributed by atoms with Crippen molar-refractivity contribution in [2.45, 2.75) is 32.5 Å². The summed E-state index contributed by atoms with van der Waals surface area (Å²) >= 11 is 5.35. The number of nitrogens with one attached hydrogen (secondary N) is 1. The molecule has 1 N–H and O–H groups in total. The third kappa shape index (κ3) is 5.18. The molecule has 0 radical (unpaired) electrons. The van der Waals surface area contributed by atoms with Crippen molar-refractivity contribution in [2.75, 3.05) is 20.3 Å². The first-order chi connectivity index (χ1) is 16.4. The van der Waals surface area contributed by atoms with Crippen molar-refractivity contribution in [1.82, 2.24) is 10.2 Å². The van der Waals surface area contributed by atoms with Gasteiger partial charge in [0, 0.05) is 18.2 Å². The number of benzene rings is 2. The zero-order valence-corrected chi connectivity index (χ0v) is 19.7. The number of thiocarbonyl (C=S) groups is 1. The molecule has 0 aromatic heterocycles. The van der Waals surface area contributed by atoms with Crippen molar-refractivity contribution in [3.8, 4) is 11.5 Å². The molecule has 2 saturated heterocycles. The average molecular weight is 484 g/mol. The number of nitro benzene ring substituents is 1. The van der Waals surface area contributed by atoms with Crippen LogP contribution in [0.5, 0.6) is 11.5 Å². The molecule has 0 bridgehead atoms. The minimum Gasteiger partial charge on any atom is -0.496 e. The highest BCUT2D eigenvalue weighted by molar-refractivity contribution is 7.80. The number of hydrogen-bond donors (Lipinski definition) is 1. The van der Waals surface area contributed by atoms with E-state index in [-0.39, 0.29) is 30.1 Å². The number of carbonyl (C=O) groups excluding carboxylic acids is 1. The van der Waals surface area contributed by atoms with Crippen LogP contribution in [-0.2, 0) is 16.1 Å². The summed E-state index contributed by atoms with van der Waals surface area (Å²) in [6.45, 7) is 2.97. The Morgan fingerprint density at radius 3 is 2.79 bits per heavy atom. The molecule has 10 heteroatoms. The van der Waals surface area contributed by atoms with Gasteiger partial charge in [-0.2, -0.15) is 0 Å². The van der Waals surface area contributed by atoms with Gasteiger partial charge in [0.05, 0.1) is 24.7 Å². The number of amides is 1. The Kier molecular flexibility index (Phi) is 7.09. The second-order valence-electron chi connectivity index (χ2n) is 8.13. The van der Waals surface area contributed by atoms with Gasteiger partial charge in [0.15, 0.2) is 10.9 Å². The number of nitro groups is 1. The summed E-state index contributed by atoms with van der Waals surface area (Å²) in [4.78, 5) is 25.3. The minimum atomic E-state index is -0.469. The lowest BCUT2D eigenvalue weighted by Crippen LogP contribution is -2.37. The zero-order chi connectivity index (χ0) is 24.2. The fourth-order valence-electron chi connectivity index (χ4n) is 3.94. The molecule has 0 aliphatic carbocycles. The molecule has 9 nitrogen and oxygen atoms in total. The van der Waals surface area contributed by atoms with Crippen molar-refractivity contribution in [3.05, 3.63) is 68.9 Å². The van der Waals surface area contributed by atoms with Crippen LogP contribution in [0.2, 0.25) is 0 Å². The van der Waals surface area contributed by atoms with Crippen molar-refractivity contribution in [3.63, 3.8) is 0 Å². The van der Waals surface area contributed by atoms with Gasteiger partial charge in [-0.3, -0.25) is 19.8 Å². The SMILES string of the molecule is COc1ccc(/C=C2/NC(=S)N(CC3CCCO3)C2=O)cc1COc1ccc(C)cc1[N+](=O)[O-]. The molecule has 2 aliphatic rings. The second kappa shape index (κ2) is 10.2. The van der Waals surface area contributed by atoms with Crippen LogP contribution < -0.4 is 14.8 Å². The quantitative estimate of drug-likeness (QED) is 0.262. The molecule has 0 saturated carbocycles. The Morgan fingerprint density at radius 1 is 1.29 bits per heavy atom. The van der Waals surface area contributed by atoms with Crippen LogP contribution in [0.15, 0.2) is 42.1 Å². The van der Waals surface area contributed by atoms with Crippen molar-refractivity contribution >= 4 is 35.0 Å². The first-order valence-corrected chi connectivity index (χ1v) is 11.3. The van der Waals surface area contributed by atoms with Gasteiger partial charge in [-0.1, -0.05) is 12.1 Å². The van der Waals surface area contributed by atoms with Gasteiger partial charge in [-0.25, -0.2) is 0 Å². The number of carbonyl (C=O) groups is 1. The maximum atomic E-state index is 12.9. The lowest BCUT2D eigenvalue weighted by Gasteiger charge is -2.18. The Labute approximate surface area is 202 Å². The molecule has 1 unspecified atom stereocenters. The van der Waals surface area contributed by atoms with E-state index in [2.05, 4.69) is 5.32 Å². The lowest BCUT2D eigenvalue weighted by atomic mass is 10.1. The van der Waals surface area contributed by atoms with E-state index in [0.29, 0.717) is 35.3 Å². The van der Waals surface area contributed by atoms with Gasteiger partial charge in [0.1, 0.15) is 18.1 Å². The number of nitrogens with zero attached hydrogens (tertiary/aromatic N) is 2. The molecule has 178 valence electrons. The van der Waals surface area contributed by atoms with Crippen molar-refractivity contribution < 1.29 is 23.9 Å². The standard InChI is InChI=1S/C24H25N3O6S/c1-15-5-7-22(20(10-15)27(29)30)33-14-17-11-16(6-8-21(17)31-2)12-19-23(28)26(24(34)25-19)13-18-4-3-9-32-18/h5-8,10-12,18H,3-4,9,13-14H2,1-2H3,(H,25,34)/b19-12+. The summed E-state index contributed by atoms with van der Waals surface area (Å²) in [5.74, 6) is 0.534. The van der Waals surface area contributed by atoms with E-state index < -0.39 is 4.92 Å². The number of ether oxygens (including phenoxy) is 3. The molecule has 2 fully saturated rings.